The lowest BCUT2D eigenvalue weighted by Crippen LogP contribution is -1.93. The van der Waals surface area contributed by atoms with Gasteiger partial charge in [-0.1, -0.05) is 0 Å². The van der Waals surface area contributed by atoms with Crippen molar-refractivity contribution in [3.8, 4) is 5.75 Å². The third-order valence-corrected chi connectivity index (χ3v) is 3.95. The van der Waals surface area contributed by atoms with E-state index in [1.54, 1.807) is 0 Å². The number of pyridine rings is 1. The molecular formula is C12H11Br2NO. The van der Waals surface area contributed by atoms with Crippen molar-refractivity contribution in [3.63, 3.8) is 0 Å². The SMILES string of the molecule is CCOc1ccc2c(Br)c(C)nc(Br)c2c1. The lowest BCUT2D eigenvalue weighted by molar-refractivity contribution is 0.340. The average Bonchev–Trinajstić information content (AvgIpc) is 2.27. The number of hydrogen-bond donors (Lipinski definition) is 0. The Kier molecular flexibility index (Phi) is 3.50. The maximum Gasteiger partial charge on any atom is 0.120 e. The first-order valence-corrected chi connectivity index (χ1v) is 6.60. The molecule has 4 heteroatoms. The van der Waals surface area contributed by atoms with Gasteiger partial charge >= 0.3 is 0 Å². The minimum atomic E-state index is 0.670. The Labute approximate surface area is 111 Å². The Hall–Kier alpha value is -0.610. The van der Waals surface area contributed by atoms with E-state index in [0.717, 1.165) is 31.3 Å². The fraction of sp³-hybridized carbons (Fsp3) is 0.250. The van der Waals surface area contributed by atoms with Crippen molar-refractivity contribution in [1.29, 1.82) is 0 Å². The van der Waals surface area contributed by atoms with Gasteiger partial charge in [-0.2, -0.15) is 0 Å². The molecule has 2 rings (SSSR count). The quantitative estimate of drug-likeness (QED) is 0.750. The highest BCUT2D eigenvalue weighted by Gasteiger charge is 2.08. The third kappa shape index (κ3) is 2.09. The van der Waals surface area contributed by atoms with Crippen LogP contribution >= 0.6 is 31.9 Å². The lowest BCUT2D eigenvalue weighted by Gasteiger charge is -2.08. The number of benzene rings is 1. The van der Waals surface area contributed by atoms with Crippen LogP contribution in [0.3, 0.4) is 0 Å². The van der Waals surface area contributed by atoms with Gasteiger partial charge in [0.2, 0.25) is 0 Å². The smallest absolute Gasteiger partial charge is 0.120 e. The van der Waals surface area contributed by atoms with E-state index in [-0.39, 0.29) is 0 Å². The van der Waals surface area contributed by atoms with Crippen LogP contribution in [0.25, 0.3) is 10.8 Å². The van der Waals surface area contributed by atoms with Crippen LogP contribution in [0, 0.1) is 6.92 Å². The first-order chi connectivity index (χ1) is 7.63. The summed E-state index contributed by atoms with van der Waals surface area (Å²) in [6, 6.07) is 6.02. The van der Waals surface area contributed by atoms with E-state index in [1.807, 2.05) is 32.0 Å². The predicted molar refractivity (Wildman–Crippen MR) is 73.0 cm³/mol. The van der Waals surface area contributed by atoms with Crippen LogP contribution in [-0.2, 0) is 0 Å². The molecule has 2 aromatic rings. The molecule has 0 N–H and O–H groups in total. The van der Waals surface area contributed by atoms with Crippen LogP contribution in [0.1, 0.15) is 12.6 Å². The Morgan fingerprint density at radius 2 is 2.00 bits per heavy atom. The van der Waals surface area contributed by atoms with Gasteiger partial charge in [0.15, 0.2) is 0 Å². The molecule has 16 heavy (non-hydrogen) atoms. The van der Waals surface area contributed by atoms with Gasteiger partial charge < -0.3 is 4.74 Å². The van der Waals surface area contributed by atoms with Crippen molar-refractivity contribution in [1.82, 2.24) is 4.98 Å². The van der Waals surface area contributed by atoms with Gasteiger partial charge in [-0.15, -0.1) is 0 Å². The highest BCUT2D eigenvalue weighted by molar-refractivity contribution is 9.11. The molecule has 0 aliphatic carbocycles. The molecule has 0 spiro atoms. The molecular weight excluding hydrogens is 334 g/mol. The number of nitrogens with zero attached hydrogens (tertiary/aromatic N) is 1. The summed E-state index contributed by atoms with van der Waals surface area (Å²) in [6.45, 7) is 4.62. The van der Waals surface area contributed by atoms with Crippen LogP contribution < -0.4 is 4.74 Å². The molecule has 0 saturated carbocycles. The lowest BCUT2D eigenvalue weighted by atomic mass is 10.1. The fourth-order valence-corrected chi connectivity index (χ4v) is 2.62. The number of hydrogen-bond acceptors (Lipinski definition) is 2. The molecule has 1 heterocycles. The second-order valence-corrected chi connectivity index (χ2v) is 4.99. The first kappa shape index (κ1) is 11.9. The van der Waals surface area contributed by atoms with Crippen molar-refractivity contribution in [2.24, 2.45) is 0 Å². The molecule has 0 aliphatic rings. The van der Waals surface area contributed by atoms with Crippen molar-refractivity contribution >= 4 is 42.6 Å². The van der Waals surface area contributed by atoms with Crippen LogP contribution in [-0.4, -0.2) is 11.6 Å². The maximum absolute atomic E-state index is 5.48. The molecule has 0 unspecified atom stereocenters. The van der Waals surface area contributed by atoms with Crippen LogP contribution in [0.2, 0.25) is 0 Å². The summed E-state index contributed by atoms with van der Waals surface area (Å²) in [5.74, 6) is 0.869. The highest BCUT2D eigenvalue weighted by atomic mass is 79.9. The summed E-state index contributed by atoms with van der Waals surface area (Å²) in [6.07, 6.45) is 0. The second-order valence-electron chi connectivity index (χ2n) is 3.44. The molecule has 0 aliphatic heterocycles. The minimum Gasteiger partial charge on any atom is -0.494 e. The molecule has 1 aromatic heterocycles. The normalized spacial score (nSPS) is 10.8. The number of aromatic nitrogens is 1. The topological polar surface area (TPSA) is 22.1 Å². The van der Waals surface area contributed by atoms with E-state index < -0.39 is 0 Å². The number of ether oxygens (including phenoxy) is 1. The Morgan fingerprint density at radius 3 is 2.69 bits per heavy atom. The summed E-state index contributed by atoms with van der Waals surface area (Å²) >= 11 is 7.03. The summed E-state index contributed by atoms with van der Waals surface area (Å²) in [5, 5.41) is 2.20. The number of fused-ring (bicyclic) bond motifs is 1. The second kappa shape index (κ2) is 4.72. The van der Waals surface area contributed by atoms with Crippen molar-refractivity contribution in [2.45, 2.75) is 13.8 Å². The van der Waals surface area contributed by atoms with Crippen LogP contribution in [0.5, 0.6) is 5.75 Å². The molecule has 2 nitrogen and oxygen atoms in total. The Bertz CT molecular complexity index is 540. The molecule has 0 amide bonds. The number of halogens is 2. The molecule has 84 valence electrons. The van der Waals surface area contributed by atoms with Crippen molar-refractivity contribution < 1.29 is 4.74 Å². The van der Waals surface area contributed by atoms with Gasteiger partial charge in [0.05, 0.1) is 12.3 Å². The van der Waals surface area contributed by atoms with Gasteiger partial charge in [-0.3, -0.25) is 0 Å². The predicted octanol–water partition coefficient (Wildman–Crippen LogP) is 4.47. The summed E-state index contributed by atoms with van der Waals surface area (Å²) in [4.78, 5) is 4.42. The van der Waals surface area contributed by atoms with Gasteiger partial charge in [-0.25, -0.2) is 4.98 Å². The summed E-state index contributed by atoms with van der Waals surface area (Å²) in [5.41, 5.74) is 0.975. The average molecular weight is 345 g/mol. The van der Waals surface area contributed by atoms with Crippen molar-refractivity contribution in [3.05, 3.63) is 33.0 Å². The van der Waals surface area contributed by atoms with Gasteiger partial charge in [0.1, 0.15) is 10.4 Å². The largest absolute Gasteiger partial charge is 0.494 e. The Morgan fingerprint density at radius 1 is 1.25 bits per heavy atom. The van der Waals surface area contributed by atoms with E-state index >= 15 is 0 Å². The van der Waals surface area contributed by atoms with Crippen LogP contribution in [0.15, 0.2) is 27.3 Å². The number of rotatable bonds is 2. The van der Waals surface area contributed by atoms with E-state index in [1.165, 1.54) is 0 Å². The highest BCUT2D eigenvalue weighted by Crippen LogP contribution is 2.33. The van der Waals surface area contributed by atoms with Gasteiger partial charge in [0.25, 0.3) is 0 Å². The molecule has 0 fully saturated rings. The number of aryl methyl sites for hydroxylation is 1. The van der Waals surface area contributed by atoms with Gasteiger partial charge in [-0.05, 0) is 63.9 Å². The van der Waals surface area contributed by atoms with E-state index in [9.17, 15) is 0 Å². The molecule has 0 atom stereocenters. The zero-order valence-electron chi connectivity index (χ0n) is 9.05. The van der Waals surface area contributed by atoms with Gasteiger partial charge in [0, 0.05) is 15.2 Å². The van der Waals surface area contributed by atoms with E-state index in [4.69, 9.17) is 4.74 Å². The molecule has 0 bridgehead atoms. The molecule has 1 aromatic carbocycles. The van der Waals surface area contributed by atoms with E-state index in [2.05, 4.69) is 36.8 Å². The van der Waals surface area contributed by atoms with Crippen LogP contribution in [0.4, 0.5) is 0 Å². The third-order valence-electron chi connectivity index (χ3n) is 2.34. The van der Waals surface area contributed by atoms with E-state index in [0.29, 0.717) is 6.61 Å². The monoisotopic (exact) mass is 343 g/mol. The zero-order chi connectivity index (χ0) is 11.7. The summed E-state index contributed by atoms with van der Waals surface area (Å²) < 4.78 is 7.36. The summed E-state index contributed by atoms with van der Waals surface area (Å²) in [7, 11) is 0. The zero-order valence-corrected chi connectivity index (χ0v) is 12.2. The molecule has 0 saturated heterocycles. The first-order valence-electron chi connectivity index (χ1n) is 5.01. The maximum atomic E-state index is 5.48. The minimum absolute atomic E-state index is 0.670. The Balaban J connectivity index is 2.69. The molecule has 0 radical (unpaired) electrons. The standard InChI is InChI=1S/C12H11Br2NO/c1-3-16-8-4-5-9-10(6-8)12(14)15-7(2)11(9)13/h4-6H,3H2,1-2H3. The fourth-order valence-electron chi connectivity index (χ4n) is 1.59. The van der Waals surface area contributed by atoms with Crippen molar-refractivity contribution in [2.75, 3.05) is 6.61 Å².